The van der Waals surface area contributed by atoms with Crippen molar-refractivity contribution in [3.8, 4) is 0 Å². The Hall–Kier alpha value is -0.930. The number of nitrogens with zero attached hydrogens (tertiary/aromatic N) is 2. The maximum atomic E-state index is 4.38. The Labute approximate surface area is 123 Å². The van der Waals surface area contributed by atoms with Crippen molar-refractivity contribution in [1.82, 2.24) is 15.2 Å². The van der Waals surface area contributed by atoms with Crippen molar-refractivity contribution in [3.05, 3.63) is 30.1 Å². The third kappa shape index (κ3) is 4.03. The molecule has 112 valence electrons. The fourth-order valence-electron chi connectivity index (χ4n) is 3.44. The number of hydrogen-bond acceptors (Lipinski definition) is 3. The van der Waals surface area contributed by atoms with Crippen LogP contribution in [0.3, 0.4) is 0 Å². The number of pyridine rings is 1. The van der Waals surface area contributed by atoms with E-state index in [9.17, 15) is 0 Å². The van der Waals surface area contributed by atoms with Crippen molar-refractivity contribution in [3.63, 3.8) is 0 Å². The molecular weight excluding hydrogens is 246 g/mol. The van der Waals surface area contributed by atoms with Gasteiger partial charge in [0.15, 0.2) is 0 Å². The van der Waals surface area contributed by atoms with Crippen LogP contribution in [0.4, 0.5) is 0 Å². The molecule has 2 rings (SSSR count). The smallest absolute Gasteiger partial charge is 0.0416 e. The van der Waals surface area contributed by atoms with E-state index < -0.39 is 0 Å². The molecule has 1 heterocycles. The number of hydrogen-bond donors (Lipinski definition) is 1. The summed E-state index contributed by atoms with van der Waals surface area (Å²) in [5, 5.41) is 3.66. The minimum absolute atomic E-state index is 0.349. The van der Waals surface area contributed by atoms with Crippen LogP contribution in [0.1, 0.15) is 38.3 Å². The van der Waals surface area contributed by atoms with Crippen LogP contribution in [0, 0.1) is 5.92 Å². The van der Waals surface area contributed by atoms with E-state index in [1.54, 1.807) is 0 Å². The molecule has 3 heteroatoms. The molecule has 0 aliphatic heterocycles. The minimum atomic E-state index is 0.349. The van der Waals surface area contributed by atoms with Crippen molar-refractivity contribution < 1.29 is 0 Å². The highest BCUT2D eigenvalue weighted by Gasteiger charge is 2.36. The number of rotatable bonds is 6. The fraction of sp³-hybridized carbons (Fsp3) is 0.706. The first-order chi connectivity index (χ1) is 9.62. The topological polar surface area (TPSA) is 28.2 Å². The van der Waals surface area contributed by atoms with E-state index in [2.05, 4.69) is 48.4 Å². The van der Waals surface area contributed by atoms with Gasteiger partial charge in [0.2, 0.25) is 0 Å². The predicted octanol–water partition coefficient (Wildman–Crippen LogP) is 2.72. The summed E-state index contributed by atoms with van der Waals surface area (Å²) >= 11 is 0. The molecule has 1 N–H and O–H groups in total. The molecule has 0 amide bonds. The quantitative estimate of drug-likeness (QED) is 0.809. The second-order valence-electron chi connectivity index (χ2n) is 6.57. The predicted molar refractivity (Wildman–Crippen MR) is 84.9 cm³/mol. The summed E-state index contributed by atoms with van der Waals surface area (Å²) in [6, 6.07) is 6.14. The zero-order valence-corrected chi connectivity index (χ0v) is 13.2. The van der Waals surface area contributed by atoms with E-state index in [1.165, 1.54) is 31.4 Å². The van der Waals surface area contributed by atoms with Gasteiger partial charge in [-0.15, -0.1) is 0 Å². The third-order valence-electron chi connectivity index (χ3n) is 4.75. The van der Waals surface area contributed by atoms with Crippen molar-refractivity contribution >= 4 is 0 Å². The maximum Gasteiger partial charge on any atom is 0.0416 e. The molecular formula is C17H29N3. The molecule has 20 heavy (non-hydrogen) atoms. The van der Waals surface area contributed by atoms with Gasteiger partial charge < -0.3 is 10.2 Å². The standard InChI is InChI=1S/C17H29N3/c1-15-7-6-10-17(13-15,20(2)3)14-18-12-9-16-8-4-5-11-19-16/h4-5,8,11,15,18H,6-7,9-10,12-14H2,1-3H3. The van der Waals surface area contributed by atoms with E-state index in [-0.39, 0.29) is 0 Å². The lowest BCUT2D eigenvalue weighted by Gasteiger charge is -2.45. The molecule has 2 unspecified atom stereocenters. The molecule has 1 aliphatic carbocycles. The molecule has 0 bridgehead atoms. The van der Waals surface area contributed by atoms with E-state index in [4.69, 9.17) is 0 Å². The zero-order chi connectivity index (χ0) is 14.4. The van der Waals surface area contributed by atoms with Crippen molar-refractivity contribution in [1.29, 1.82) is 0 Å². The normalized spacial score (nSPS) is 26.9. The molecule has 1 aliphatic rings. The van der Waals surface area contributed by atoms with Gasteiger partial charge >= 0.3 is 0 Å². The van der Waals surface area contributed by atoms with Gasteiger partial charge in [0.1, 0.15) is 0 Å². The van der Waals surface area contributed by atoms with Gasteiger partial charge in [-0.25, -0.2) is 0 Å². The average molecular weight is 275 g/mol. The number of nitrogens with one attached hydrogen (secondary N) is 1. The summed E-state index contributed by atoms with van der Waals surface area (Å²) in [5.41, 5.74) is 1.53. The molecule has 0 aromatic carbocycles. The lowest BCUT2D eigenvalue weighted by molar-refractivity contribution is 0.0755. The van der Waals surface area contributed by atoms with Crippen LogP contribution < -0.4 is 5.32 Å². The summed E-state index contributed by atoms with van der Waals surface area (Å²) < 4.78 is 0. The first-order valence-corrected chi connectivity index (χ1v) is 7.90. The highest BCUT2D eigenvalue weighted by Crippen LogP contribution is 2.35. The summed E-state index contributed by atoms with van der Waals surface area (Å²) in [4.78, 5) is 6.82. The van der Waals surface area contributed by atoms with Crippen LogP contribution in [0.25, 0.3) is 0 Å². The van der Waals surface area contributed by atoms with Gasteiger partial charge in [0.25, 0.3) is 0 Å². The van der Waals surface area contributed by atoms with Crippen molar-refractivity contribution in [2.45, 2.75) is 44.6 Å². The lowest BCUT2D eigenvalue weighted by atomic mass is 9.75. The molecule has 0 spiro atoms. The van der Waals surface area contributed by atoms with Crippen LogP contribution in [0.15, 0.2) is 24.4 Å². The third-order valence-corrected chi connectivity index (χ3v) is 4.75. The summed E-state index contributed by atoms with van der Waals surface area (Å²) in [5.74, 6) is 0.851. The van der Waals surface area contributed by atoms with Gasteiger partial charge in [-0.2, -0.15) is 0 Å². The molecule has 0 radical (unpaired) electrons. The average Bonchev–Trinajstić information content (AvgIpc) is 2.45. The lowest BCUT2D eigenvalue weighted by Crippen LogP contribution is -2.54. The largest absolute Gasteiger partial charge is 0.315 e. The number of aromatic nitrogens is 1. The van der Waals surface area contributed by atoms with Crippen molar-refractivity contribution in [2.75, 3.05) is 27.2 Å². The summed E-state index contributed by atoms with van der Waals surface area (Å²) in [6.45, 7) is 4.50. The second kappa shape index (κ2) is 7.19. The zero-order valence-electron chi connectivity index (χ0n) is 13.2. The molecule has 1 fully saturated rings. The molecule has 1 aromatic heterocycles. The first-order valence-electron chi connectivity index (χ1n) is 7.90. The van der Waals surface area contributed by atoms with Gasteiger partial charge in [0.05, 0.1) is 0 Å². The van der Waals surface area contributed by atoms with Crippen LogP contribution in [-0.2, 0) is 6.42 Å². The Balaban J connectivity index is 1.81. The molecule has 3 nitrogen and oxygen atoms in total. The molecule has 1 saturated carbocycles. The number of likely N-dealkylation sites (N-methyl/N-ethyl adjacent to an activating group) is 1. The van der Waals surface area contributed by atoms with E-state index in [0.29, 0.717) is 5.54 Å². The Morgan fingerprint density at radius 1 is 1.40 bits per heavy atom. The first kappa shape index (κ1) is 15.5. The van der Waals surface area contributed by atoms with E-state index >= 15 is 0 Å². The van der Waals surface area contributed by atoms with Crippen LogP contribution in [0.2, 0.25) is 0 Å². The van der Waals surface area contributed by atoms with Crippen LogP contribution >= 0.6 is 0 Å². The van der Waals surface area contributed by atoms with Gasteiger partial charge in [-0.05, 0) is 45.0 Å². The van der Waals surface area contributed by atoms with Crippen LogP contribution in [-0.4, -0.2) is 42.6 Å². The molecule has 0 saturated heterocycles. The van der Waals surface area contributed by atoms with E-state index in [0.717, 1.165) is 25.4 Å². The van der Waals surface area contributed by atoms with Gasteiger partial charge in [0, 0.05) is 36.9 Å². The maximum absolute atomic E-state index is 4.38. The Bertz CT molecular complexity index is 390. The van der Waals surface area contributed by atoms with E-state index in [1.807, 2.05) is 12.3 Å². The highest BCUT2D eigenvalue weighted by molar-refractivity contribution is 5.04. The summed E-state index contributed by atoms with van der Waals surface area (Å²) in [7, 11) is 4.47. The Morgan fingerprint density at radius 3 is 2.90 bits per heavy atom. The fourth-order valence-corrected chi connectivity index (χ4v) is 3.44. The SMILES string of the molecule is CC1CCCC(CNCCc2ccccn2)(N(C)C)C1. The highest BCUT2D eigenvalue weighted by atomic mass is 15.2. The monoisotopic (exact) mass is 275 g/mol. The van der Waals surface area contributed by atoms with Gasteiger partial charge in [-0.3, -0.25) is 4.98 Å². The minimum Gasteiger partial charge on any atom is -0.315 e. The second-order valence-corrected chi connectivity index (χ2v) is 6.57. The van der Waals surface area contributed by atoms with Crippen LogP contribution in [0.5, 0.6) is 0 Å². The van der Waals surface area contributed by atoms with Crippen molar-refractivity contribution in [2.24, 2.45) is 5.92 Å². The van der Waals surface area contributed by atoms with Gasteiger partial charge in [-0.1, -0.05) is 25.8 Å². The molecule has 1 aromatic rings. The Kier molecular flexibility index (Phi) is 5.55. The molecule has 2 atom stereocenters. The summed E-state index contributed by atoms with van der Waals surface area (Å²) in [6.07, 6.45) is 8.28. The Morgan fingerprint density at radius 2 is 2.25 bits per heavy atom.